The largest absolute Gasteiger partial charge is 0.456 e. The highest BCUT2D eigenvalue weighted by Crippen LogP contribution is 2.32. The first kappa shape index (κ1) is 12.0. The number of nitrogens with one attached hydrogen (secondary N) is 1. The predicted octanol–water partition coefficient (Wildman–Crippen LogP) is 3.17. The first-order chi connectivity index (χ1) is 7.87. The molecule has 1 atom stereocenters. The van der Waals surface area contributed by atoms with Crippen molar-refractivity contribution in [3.05, 3.63) is 29.3 Å². The molecule has 1 aliphatic heterocycles. The van der Waals surface area contributed by atoms with Gasteiger partial charge in [0.15, 0.2) is 0 Å². The average Bonchev–Trinajstić information content (AvgIpc) is 2.57. The highest BCUT2D eigenvalue weighted by Gasteiger charge is 2.22. The zero-order valence-electron chi connectivity index (χ0n) is 10.8. The topological polar surface area (TPSA) is 38.3 Å². The molecule has 1 unspecified atom stereocenters. The maximum atomic E-state index is 11.9. The van der Waals surface area contributed by atoms with E-state index in [9.17, 15) is 4.79 Å². The van der Waals surface area contributed by atoms with Gasteiger partial charge < -0.3 is 10.1 Å². The van der Waals surface area contributed by atoms with Crippen LogP contribution in [-0.4, -0.2) is 18.1 Å². The van der Waals surface area contributed by atoms with Crippen LogP contribution in [0.3, 0.4) is 0 Å². The Morgan fingerprint density at radius 2 is 2.12 bits per heavy atom. The van der Waals surface area contributed by atoms with Gasteiger partial charge in [-0.15, -0.1) is 0 Å². The number of rotatable bonds is 1. The van der Waals surface area contributed by atoms with Crippen LogP contribution in [0.15, 0.2) is 18.2 Å². The quantitative estimate of drug-likeness (QED) is 0.757. The van der Waals surface area contributed by atoms with Crippen molar-refractivity contribution < 1.29 is 9.53 Å². The molecule has 0 radical (unpaired) electrons. The third kappa shape index (κ3) is 2.60. The Labute approximate surface area is 102 Å². The van der Waals surface area contributed by atoms with E-state index in [2.05, 4.69) is 12.2 Å². The van der Waals surface area contributed by atoms with Crippen LogP contribution in [0.4, 0.5) is 5.69 Å². The smallest absolute Gasteiger partial charge is 0.338 e. The summed E-state index contributed by atoms with van der Waals surface area (Å²) in [4.78, 5) is 11.9. The Hall–Kier alpha value is -1.51. The van der Waals surface area contributed by atoms with Gasteiger partial charge in [0, 0.05) is 18.2 Å². The van der Waals surface area contributed by atoms with Crippen molar-refractivity contribution in [3.63, 3.8) is 0 Å². The van der Waals surface area contributed by atoms with Crippen LogP contribution >= 0.6 is 0 Å². The summed E-state index contributed by atoms with van der Waals surface area (Å²) < 4.78 is 5.36. The first-order valence-corrected chi connectivity index (χ1v) is 5.98. The van der Waals surface area contributed by atoms with Crippen molar-refractivity contribution in [3.8, 4) is 0 Å². The molecular weight excluding hydrogens is 214 g/mol. The molecule has 0 saturated carbocycles. The van der Waals surface area contributed by atoms with Crippen molar-refractivity contribution >= 4 is 11.7 Å². The zero-order valence-corrected chi connectivity index (χ0v) is 10.8. The Morgan fingerprint density at radius 3 is 2.76 bits per heavy atom. The normalized spacial score (nSPS) is 18.5. The highest BCUT2D eigenvalue weighted by atomic mass is 16.6. The fraction of sp³-hybridized carbons (Fsp3) is 0.500. The lowest BCUT2D eigenvalue weighted by molar-refractivity contribution is 0.00695. The number of esters is 1. The van der Waals surface area contributed by atoms with E-state index in [-0.39, 0.29) is 5.97 Å². The molecule has 0 aliphatic carbocycles. The number of carbonyl (C=O) groups is 1. The summed E-state index contributed by atoms with van der Waals surface area (Å²) in [5.74, 6) is 0.201. The summed E-state index contributed by atoms with van der Waals surface area (Å²) in [6.07, 6.45) is 0. The Balaban J connectivity index is 2.23. The van der Waals surface area contributed by atoms with Crippen molar-refractivity contribution in [2.45, 2.75) is 39.2 Å². The zero-order chi connectivity index (χ0) is 12.6. The van der Waals surface area contributed by atoms with Gasteiger partial charge in [0.2, 0.25) is 0 Å². The van der Waals surface area contributed by atoms with Gasteiger partial charge in [-0.3, -0.25) is 0 Å². The van der Waals surface area contributed by atoms with E-state index in [1.165, 1.54) is 5.56 Å². The minimum absolute atomic E-state index is 0.251. The fourth-order valence-corrected chi connectivity index (χ4v) is 1.97. The van der Waals surface area contributed by atoms with Crippen LogP contribution in [0.5, 0.6) is 0 Å². The number of benzene rings is 1. The van der Waals surface area contributed by atoms with Crippen molar-refractivity contribution in [2.75, 3.05) is 11.9 Å². The molecule has 1 heterocycles. The number of carbonyl (C=O) groups excluding carboxylic acids is 1. The standard InChI is InChI=1S/C14H19NO2/c1-9-8-15-12-6-5-10(7-11(9)12)13(16)17-14(2,3)4/h5-7,9,15H,8H2,1-4H3. The van der Waals surface area contributed by atoms with Gasteiger partial charge in [0.1, 0.15) is 5.60 Å². The lowest BCUT2D eigenvalue weighted by atomic mass is 10.0. The second-order valence-electron chi connectivity index (χ2n) is 5.59. The van der Waals surface area contributed by atoms with Crippen LogP contribution in [0.1, 0.15) is 49.5 Å². The van der Waals surface area contributed by atoms with Gasteiger partial charge in [-0.25, -0.2) is 4.79 Å². The monoisotopic (exact) mass is 233 g/mol. The van der Waals surface area contributed by atoms with Crippen LogP contribution in [0.2, 0.25) is 0 Å². The first-order valence-electron chi connectivity index (χ1n) is 5.98. The molecule has 0 bridgehead atoms. The molecule has 0 spiro atoms. The van der Waals surface area contributed by atoms with Gasteiger partial charge in [0.05, 0.1) is 5.56 Å². The van der Waals surface area contributed by atoms with Crippen LogP contribution in [-0.2, 0) is 4.74 Å². The molecule has 1 aromatic rings. The van der Waals surface area contributed by atoms with Gasteiger partial charge in [-0.1, -0.05) is 6.92 Å². The van der Waals surface area contributed by atoms with Gasteiger partial charge in [-0.05, 0) is 44.5 Å². The van der Waals surface area contributed by atoms with E-state index < -0.39 is 5.60 Å². The molecule has 2 rings (SSSR count). The molecule has 3 nitrogen and oxygen atoms in total. The summed E-state index contributed by atoms with van der Waals surface area (Å²) in [5.41, 5.74) is 2.52. The number of fused-ring (bicyclic) bond motifs is 1. The van der Waals surface area contributed by atoms with E-state index in [1.807, 2.05) is 39.0 Å². The average molecular weight is 233 g/mol. The maximum Gasteiger partial charge on any atom is 0.338 e. The number of ether oxygens (including phenoxy) is 1. The minimum Gasteiger partial charge on any atom is -0.456 e. The Morgan fingerprint density at radius 1 is 1.41 bits per heavy atom. The molecule has 0 amide bonds. The molecule has 1 N–H and O–H groups in total. The molecule has 0 aromatic heterocycles. The van der Waals surface area contributed by atoms with Crippen molar-refractivity contribution in [1.29, 1.82) is 0 Å². The lowest BCUT2D eigenvalue weighted by Gasteiger charge is -2.19. The maximum absolute atomic E-state index is 11.9. The molecule has 3 heteroatoms. The van der Waals surface area contributed by atoms with E-state index >= 15 is 0 Å². The summed E-state index contributed by atoms with van der Waals surface area (Å²) in [6.45, 7) is 8.72. The summed E-state index contributed by atoms with van der Waals surface area (Å²) in [6, 6.07) is 5.71. The second-order valence-corrected chi connectivity index (χ2v) is 5.59. The minimum atomic E-state index is -0.444. The van der Waals surface area contributed by atoms with Gasteiger partial charge >= 0.3 is 5.97 Å². The van der Waals surface area contributed by atoms with Crippen molar-refractivity contribution in [1.82, 2.24) is 0 Å². The summed E-state index contributed by atoms with van der Waals surface area (Å²) in [7, 11) is 0. The molecule has 0 saturated heterocycles. The van der Waals surface area contributed by atoms with Crippen molar-refractivity contribution in [2.24, 2.45) is 0 Å². The molecule has 0 fully saturated rings. The number of hydrogen-bond donors (Lipinski definition) is 1. The summed E-state index contributed by atoms with van der Waals surface area (Å²) >= 11 is 0. The molecule has 92 valence electrons. The molecular formula is C14H19NO2. The summed E-state index contributed by atoms with van der Waals surface area (Å²) in [5, 5.41) is 3.31. The fourth-order valence-electron chi connectivity index (χ4n) is 1.97. The van der Waals surface area contributed by atoms with E-state index in [1.54, 1.807) is 0 Å². The third-order valence-corrected chi connectivity index (χ3v) is 2.82. The van der Waals surface area contributed by atoms with E-state index in [0.29, 0.717) is 11.5 Å². The van der Waals surface area contributed by atoms with Crippen LogP contribution in [0, 0.1) is 0 Å². The third-order valence-electron chi connectivity index (χ3n) is 2.82. The Kier molecular flexibility index (Phi) is 2.86. The molecule has 17 heavy (non-hydrogen) atoms. The van der Waals surface area contributed by atoms with E-state index in [4.69, 9.17) is 4.74 Å². The van der Waals surface area contributed by atoms with Gasteiger partial charge in [-0.2, -0.15) is 0 Å². The number of hydrogen-bond acceptors (Lipinski definition) is 3. The second kappa shape index (κ2) is 4.06. The number of anilines is 1. The Bertz CT molecular complexity index is 446. The molecule has 1 aromatic carbocycles. The van der Waals surface area contributed by atoms with Gasteiger partial charge in [0.25, 0.3) is 0 Å². The van der Waals surface area contributed by atoms with E-state index in [0.717, 1.165) is 12.2 Å². The predicted molar refractivity (Wildman–Crippen MR) is 68.5 cm³/mol. The molecule has 1 aliphatic rings. The van der Waals surface area contributed by atoms with Crippen LogP contribution in [0.25, 0.3) is 0 Å². The SMILES string of the molecule is CC1CNc2ccc(C(=O)OC(C)(C)C)cc21. The highest BCUT2D eigenvalue weighted by molar-refractivity contribution is 5.90. The lowest BCUT2D eigenvalue weighted by Crippen LogP contribution is -2.23. The van der Waals surface area contributed by atoms with Crippen LogP contribution < -0.4 is 5.32 Å².